The van der Waals surface area contributed by atoms with Crippen molar-refractivity contribution < 1.29 is 13.2 Å². The number of likely N-dealkylation sites (tertiary alicyclic amines) is 1. The fourth-order valence-corrected chi connectivity index (χ4v) is 3.28. The molecule has 0 saturated carbocycles. The van der Waals surface area contributed by atoms with Crippen LogP contribution in [0.3, 0.4) is 0 Å². The number of piperidine rings is 1. The number of nitrogens with zero attached hydrogens (tertiary/aromatic N) is 1. The summed E-state index contributed by atoms with van der Waals surface area (Å²) in [7, 11) is 0. The Balaban J connectivity index is 1.69. The van der Waals surface area contributed by atoms with E-state index in [9.17, 15) is 13.2 Å². The van der Waals surface area contributed by atoms with E-state index in [1.165, 1.54) is 16.2 Å². The van der Waals surface area contributed by atoms with Crippen LogP contribution in [0, 0.1) is 0 Å². The highest BCUT2D eigenvalue weighted by Gasteiger charge is 2.32. The van der Waals surface area contributed by atoms with Gasteiger partial charge in [-0.1, -0.05) is 11.6 Å². The molecule has 0 radical (unpaired) electrons. The molecule has 0 spiro atoms. The molecule has 0 unspecified atom stereocenters. The summed E-state index contributed by atoms with van der Waals surface area (Å²) >= 11 is 7.37. The second kappa shape index (κ2) is 6.43. The molecule has 0 atom stereocenters. The Labute approximate surface area is 119 Å². The number of nitrogens with one attached hydrogen (secondary N) is 1. The zero-order valence-electron chi connectivity index (χ0n) is 10.3. The van der Waals surface area contributed by atoms with Crippen molar-refractivity contribution in [2.75, 3.05) is 19.6 Å². The van der Waals surface area contributed by atoms with E-state index < -0.39 is 12.7 Å². The Hall–Kier alpha value is -0.300. The van der Waals surface area contributed by atoms with Gasteiger partial charge in [-0.2, -0.15) is 13.2 Å². The van der Waals surface area contributed by atoms with Crippen LogP contribution in [-0.4, -0.2) is 36.8 Å². The van der Waals surface area contributed by atoms with Gasteiger partial charge in [0.15, 0.2) is 0 Å². The lowest BCUT2D eigenvalue weighted by Crippen LogP contribution is -2.45. The molecule has 19 heavy (non-hydrogen) atoms. The van der Waals surface area contributed by atoms with E-state index in [1.54, 1.807) is 0 Å². The Bertz CT molecular complexity index is 400. The first kappa shape index (κ1) is 15.1. The smallest absolute Gasteiger partial charge is 0.309 e. The minimum atomic E-state index is -4.09. The van der Waals surface area contributed by atoms with Gasteiger partial charge in [0.2, 0.25) is 0 Å². The SMILES string of the molecule is FC(F)(F)CN1CCC(NCc2ccc(Cl)s2)CC1. The Morgan fingerprint density at radius 2 is 2.00 bits per heavy atom. The molecule has 2 rings (SSSR count). The number of rotatable bonds is 4. The van der Waals surface area contributed by atoms with Crippen LogP contribution in [0.25, 0.3) is 0 Å². The quantitative estimate of drug-likeness (QED) is 0.915. The van der Waals surface area contributed by atoms with Gasteiger partial charge in [0.25, 0.3) is 0 Å². The molecule has 1 N–H and O–H groups in total. The summed E-state index contributed by atoms with van der Waals surface area (Å²) in [6, 6.07) is 4.12. The molecule has 108 valence electrons. The molecule has 0 bridgehead atoms. The maximum Gasteiger partial charge on any atom is 0.401 e. The maximum atomic E-state index is 12.2. The molecule has 7 heteroatoms. The van der Waals surface area contributed by atoms with E-state index in [0.29, 0.717) is 19.1 Å². The van der Waals surface area contributed by atoms with E-state index in [2.05, 4.69) is 5.32 Å². The molecule has 0 amide bonds. The summed E-state index contributed by atoms with van der Waals surface area (Å²) < 4.78 is 37.5. The minimum absolute atomic E-state index is 0.297. The standard InChI is InChI=1S/C12H16ClF3N2S/c13-11-2-1-10(19-11)7-17-9-3-5-18(6-4-9)8-12(14,15)16/h1-2,9,17H,3-8H2. The van der Waals surface area contributed by atoms with Crippen molar-refractivity contribution in [1.29, 1.82) is 0 Å². The second-order valence-electron chi connectivity index (χ2n) is 4.75. The highest BCUT2D eigenvalue weighted by atomic mass is 35.5. The molecule has 1 aliphatic heterocycles. The van der Waals surface area contributed by atoms with Gasteiger partial charge < -0.3 is 5.32 Å². The zero-order valence-corrected chi connectivity index (χ0v) is 11.9. The maximum absolute atomic E-state index is 12.2. The third kappa shape index (κ3) is 5.30. The van der Waals surface area contributed by atoms with Gasteiger partial charge in [-0.05, 0) is 38.1 Å². The highest BCUT2D eigenvalue weighted by Crippen LogP contribution is 2.22. The monoisotopic (exact) mass is 312 g/mol. The van der Waals surface area contributed by atoms with Crippen molar-refractivity contribution in [3.8, 4) is 0 Å². The van der Waals surface area contributed by atoms with Crippen molar-refractivity contribution in [1.82, 2.24) is 10.2 Å². The van der Waals surface area contributed by atoms with E-state index in [4.69, 9.17) is 11.6 Å². The fraction of sp³-hybridized carbons (Fsp3) is 0.667. The van der Waals surface area contributed by atoms with Gasteiger partial charge in [-0.25, -0.2) is 0 Å². The van der Waals surface area contributed by atoms with Crippen molar-refractivity contribution in [3.05, 3.63) is 21.3 Å². The van der Waals surface area contributed by atoms with E-state index >= 15 is 0 Å². The van der Waals surface area contributed by atoms with Crippen molar-refractivity contribution in [3.63, 3.8) is 0 Å². The van der Waals surface area contributed by atoms with Crippen LogP contribution in [0.2, 0.25) is 4.34 Å². The summed E-state index contributed by atoms with van der Waals surface area (Å²) in [4.78, 5) is 2.63. The summed E-state index contributed by atoms with van der Waals surface area (Å²) in [5.74, 6) is 0. The van der Waals surface area contributed by atoms with Crippen molar-refractivity contribution >= 4 is 22.9 Å². The van der Waals surface area contributed by atoms with E-state index in [-0.39, 0.29) is 0 Å². The van der Waals surface area contributed by atoms with Crippen LogP contribution in [0.5, 0.6) is 0 Å². The summed E-state index contributed by atoms with van der Waals surface area (Å²) in [5.41, 5.74) is 0. The van der Waals surface area contributed by atoms with Gasteiger partial charge in [-0.3, -0.25) is 4.90 Å². The zero-order chi connectivity index (χ0) is 13.9. The summed E-state index contributed by atoms with van der Waals surface area (Å²) in [6.07, 6.45) is -2.57. The molecule has 0 aliphatic carbocycles. The molecule has 1 saturated heterocycles. The van der Waals surface area contributed by atoms with E-state index in [0.717, 1.165) is 28.6 Å². The molecular formula is C12H16ClF3N2S. The van der Waals surface area contributed by atoms with Crippen molar-refractivity contribution in [2.45, 2.75) is 31.6 Å². The second-order valence-corrected chi connectivity index (χ2v) is 6.55. The summed E-state index contributed by atoms with van der Waals surface area (Å²) in [5, 5.41) is 3.38. The molecule has 1 fully saturated rings. The number of halogens is 4. The number of alkyl halides is 3. The number of hydrogen-bond donors (Lipinski definition) is 1. The molecule has 1 aromatic heterocycles. The van der Waals surface area contributed by atoms with Gasteiger partial charge in [0.05, 0.1) is 10.9 Å². The predicted octanol–water partition coefficient (Wildman–Crippen LogP) is 3.52. The minimum Gasteiger partial charge on any atom is -0.309 e. The average Bonchev–Trinajstić information content (AvgIpc) is 2.72. The van der Waals surface area contributed by atoms with Crippen LogP contribution in [0.15, 0.2) is 12.1 Å². The lowest BCUT2D eigenvalue weighted by molar-refractivity contribution is -0.148. The Kier molecular flexibility index (Phi) is 5.11. The Morgan fingerprint density at radius 3 is 2.53 bits per heavy atom. The topological polar surface area (TPSA) is 15.3 Å². The van der Waals surface area contributed by atoms with Gasteiger partial charge in [0, 0.05) is 17.5 Å². The first-order chi connectivity index (χ1) is 8.92. The average molecular weight is 313 g/mol. The largest absolute Gasteiger partial charge is 0.401 e. The van der Waals surface area contributed by atoms with Crippen LogP contribution >= 0.6 is 22.9 Å². The lowest BCUT2D eigenvalue weighted by atomic mass is 10.1. The van der Waals surface area contributed by atoms with Gasteiger partial charge >= 0.3 is 6.18 Å². The molecule has 2 heterocycles. The van der Waals surface area contributed by atoms with Crippen LogP contribution in [-0.2, 0) is 6.54 Å². The first-order valence-electron chi connectivity index (χ1n) is 6.19. The van der Waals surface area contributed by atoms with Crippen LogP contribution in [0.4, 0.5) is 13.2 Å². The molecule has 1 aliphatic rings. The van der Waals surface area contributed by atoms with E-state index in [1.807, 2.05) is 12.1 Å². The molecule has 0 aromatic carbocycles. The van der Waals surface area contributed by atoms with Gasteiger partial charge in [-0.15, -0.1) is 11.3 Å². The fourth-order valence-electron chi connectivity index (χ4n) is 2.24. The summed E-state index contributed by atoms with van der Waals surface area (Å²) in [6.45, 7) is 0.951. The normalized spacial score (nSPS) is 18.9. The number of hydrogen-bond acceptors (Lipinski definition) is 3. The highest BCUT2D eigenvalue weighted by molar-refractivity contribution is 7.16. The van der Waals surface area contributed by atoms with Gasteiger partial charge in [0.1, 0.15) is 0 Å². The third-order valence-electron chi connectivity index (χ3n) is 3.18. The molecule has 2 nitrogen and oxygen atoms in total. The van der Waals surface area contributed by atoms with Crippen LogP contribution < -0.4 is 5.32 Å². The van der Waals surface area contributed by atoms with Crippen molar-refractivity contribution in [2.24, 2.45) is 0 Å². The molecule has 1 aromatic rings. The predicted molar refractivity (Wildman–Crippen MR) is 71.7 cm³/mol. The number of thiophene rings is 1. The van der Waals surface area contributed by atoms with Crippen LogP contribution in [0.1, 0.15) is 17.7 Å². The third-order valence-corrected chi connectivity index (χ3v) is 4.42. The first-order valence-corrected chi connectivity index (χ1v) is 7.38. The lowest BCUT2D eigenvalue weighted by Gasteiger charge is -2.32. The Morgan fingerprint density at radius 1 is 1.32 bits per heavy atom. The molecular weight excluding hydrogens is 297 g/mol.